The molecule has 2 N–H and O–H groups in total. The molecule has 0 aliphatic heterocycles. The molecule has 1 aromatic carbocycles. The number of aliphatic hydroxyl groups is 1. The van der Waals surface area contributed by atoms with Crippen molar-refractivity contribution in [2.75, 3.05) is 6.61 Å². The van der Waals surface area contributed by atoms with Gasteiger partial charge in [0.15, 0.2) is 6.10 Å². The minimum atomic E-state index is -1.30. The fraction of sp³-hybridized carbons (Fsp3) is 0.250. The maximum atomic E-state index is 11.5. The molecule has 0 radical (unpaired) electrons. The molecule has 90 valence electrons. The molecule has 17 heavy (non-hydrogen) atoms. The van der Waals surface area contributed by atoms with E-state index < -0.39 is 12.1 Å². The molecular weight excluding hydrogens is 242 g/mol. The Kier molecular flexibility index (Phi) is 3.36. The summed E-state index contributed by atoms with van der Waals surface area (Å²) in [7, 11) is 0. The Morgan fingerprint density at radius 2 is 2.35 bits per heavy atom. The lowest BCUT2D eigenvalue weighted by molar-refractivity contribution is -0.153. The number of halogens is 1. The molecule has 1 unspecified atom stereocenters. The summed E-state index contributed by atoms with van der Waals surface area (Å²) >= 11 is 5.96. The van der Waals surface area contributed by atoms with Gasteiger partial charge in [-0.2, -0.15) is 0 Å². The number of para-hydroxylation sites is 1. The molecule has 0 bridgehead atoms. The molecule has 0 amide bonds. The van der Waals surface area contributed by atoms with E-state index in [4.69, 9.17) is 16.3 Å². The quantitative estimate of drug-likeness (QED) is 0.826. The van der Waals surface area contributed by atoms with Crippen LogP contribution in [0.1, 0.15) is 18.6 Å². The van der Waals surface area contributed by atoms with Gasteiger partial charge in [0.1, 0.15) is 0 Å². The second kappa shape index (κ2) is 4.77. The summed E-state index contributed by atoms with van der Waals surface area (Å²) in [5, 5.41) is 11.2. The van der Waals surface area contributed by atoms with Gasteiger partial charge in [-0.25, -0.2) is 4.79 Å². The van der Waals surface area contributed by atoms with Gasteiger partial charge in [-0.15, -0.1) is 0 Å². The molecule has 4 nitrogen and oxygen atoms in total. The molecule has 5 heteroatoms. The van der Waals surface area contributed by atoms with Crippen molar-refractivity contribution in [3.63, 3.8) is 0 Å². The van der Waals surface area contributed by atoms with E-state index in [0.29, 0.717) is 16.1 Å². The summed E-state index contributed by atoms with van der Waals surface area (Å²) in [6, 6.07) is 5.21. The van der Waals surface area contributed by atoms with Gasteiger partial charge >= 0.3 is 5.97 Å². The Hall–Kier alpha value is -1.52. The summed E-state index contributed by atoms with van der Waals surface area (Å²) in [6.07, 6.45) is 0.321. The number of fused-ring (bicyclic) bond motifs is 1. The van der Waals surface area contributed by atoms with Gasteiger partial charge in [0.2, 0.25) is 0 Å². The molecule has 0 fully saturated rings. The second-order valence-electron chi connectivity index (χ2n) is 3.56. The first-order valence-electron chi connectivity index (χ1n) is 5.25. The standard InChI is InChI=1S/C12H12ClNO3/c1-2-17-12(16)11(15)8-5-3-4-7-9(13)6-14-10(7)8/h3-6,11,14-15H,2H2,1H3. The van der Waals surface area contributed by atoms with Crippen LogP contribution in [0.4, 0.5) is 0 Å². The Balaban J connectivity index is 2.45. The van der Waals surface area contributed by atoms with E-state index in [1.807, 2.05) is 6.07 Å². The van der Waals surface area contributed by atoms with E-state index in [1.165, 1.54) is 0 Å². The molecule has 0 saturated heterocycles. The fourth-order valence-electron chi connectivity index (χ4n) is 1.72. The van der Waals surface area contributed by atoms with Crippen molar-refractivity contribution in [1.82, 2.24) is 4.98 Å². The summed E-state index contributed by atoms with van der Waals surface area (Å²) in [5.41, 5.74) is 1.12. The predicted molar refractivity (Wildman–Crippen MR) is 64.9 cm³/mol. The molecule has 2 aromatic rings. The van der Waals surface area contributed by atoms with Crippen LogP contribution in [0, 0.1) is 0 Å². The third-order valence-electron chi connectivity index (χ3n) is 2.50. The summed E-state index contributed by atoms with van der Waals surface area (Å²) in [4.78, 5) is 14.4. The number of hydrogen-bond acceptors (Lipinski definition) is 3. The highest BCUT2D eigenvalue weighted by Gasteiger charge is 2.21. The molecule has 1 heterocycles. The lowest BCUT2D eigenvalue weighted by atomic mass is 10.1. The van der Waals surface area contributed by atoms with Crippen molar-refractivity contribution >= 4 is 28.5 Å². The molecule has 1 atom stereocenters. The third kappa shape index (κ3) is 2.14. The number of benzene rings is 1. The monoisotopic (exact) mass is 253 g/mol. The number of esters is 1. The maximum absolute atomic E-state index is 11.5. The average molecular weight is 254 g/mol. The van der Waals surface area contributed by atoms with Crippen LogP contribution in [-0.2, 0) is 9.53 Å². The van der Waals surface area contributed by atoms with Crippen molar-refractivity contribution in [1.29, 1.82) is 0 Å². The second-order valence-corrected chi connectivity index (χ2v) is 3.97. The lowest BCUT2D eigenvalue weighted by Crippen LogP contribution is -2.15. The predicted octanol–water partition coefficient (Wildman–Crippen LogP) is 2.42. The topological polar surface area (TPSA) is 62.3 Å². The molecule has 0 saturated carbocycles. The Labute approximate surface area is 103 Å². The van der Waals surface area contributed by atoms with Gasteiger partial charge in [0.05, 0.1) is 17.1 Å². The first-order chi connectivity index (χ1) is 8.15. The number of H-pyrrole nitrogens is 1. The zero-order valence-corrected chi connectivity index (χ0v) is 9.99. The number of carbonyl (C=O) groups is 1. The van der Waals surface area contributed by atoms with Gasteiger partial charge in [-0.05, 0) is 6.92 Å². The van der Waals surface area contributed by atoms with E-state index in [-0.39, 0.29) is 6.61 Å². The number of aliphatic hydroxyl groups excluding tert-OH is 1. The summed E-state index contributed by atoms with van der Waals surface area (Å²) < 4.78 is 4.78. The summed E-state index contributed by atoms with van der Waals surface area (Å²) in [6.45, 7) is 1.92. The van der Waals surface area contributed by atoms with Crippen LogP contribution in [0.25, 0.3) is 10.9 Å². The first-order valence-corrected chi connectivity index (χ1v) is 5.63. The van der Waals surface area contributed by atoms with Crippen LogP contribution in [0.15, 0.2) is 24.4 Å². The third-order valence-corrected chi connectivity index (χ3v) is 2.81. The number of aromatic nitrogens is 1. The smallest absolute Gasteiger partial charge is 0.339 e. The molecule has 0 aliphatic carbocycles. The zero-order valence-electron chi connectivity index (χ0n) is 9.24. The van der Waals surface area contributed by atoms with Crippen LogP contribution in [0.5, 0.6) is 0 Å². The highest BCUT2D eigenvalue weighted by molar-refractivity contribution is 6.35. The van der Waals surface area contributed by atoms with Crippen molar-refractivity contribution in [3.8, 4) is 0 Å². The number of ether oxygens (including phenoxy) is 1. The number of hydrogen-bond donors (Lipinski definition) is 2. The maximum Gasteiger partial charge on any atom is 0.339 e. The van der Waals surface area contributed by atoms with Crippen LogP contribution in [-0.4, -0.2) is 22.7 Å². The van der Waals surface area contributed by atoms with Crippen molar-refractivity contribution in [2.24, 2.45) is 0 Å². The van der Waals surface area contributed by atoms with E-state index in [9.17, 15) is 9.90 Å². The van der Waals surface area contributed by atoms with E-state index in [2.05, 4.69) is 4.98 Å². The lowest BCUT2D eigenvalue weighted by Gasteiger charge is -2.10. The van der Waals surface area contributed by atoms with Gasteiger partial charge < -0.3 is 14.8 Å². The average Bonchev–Trinajstić information content (AvgIpc) is 2.71. The van der Waals surface area contributed by atoms with Gasteiger partial charge in [-0.1, -0.05) is 29.8 Å². The highest BCUT2D eigenvalue weighted by Crippen LogP contribution is 2.29. The zero-order chi connectivity index (χ0) is 12.4. The minimum Gasteiger partial charge on any atom is -0.464 e. The highest BCUT2D eigenvalue weighted by atomic mass is 35.5. The van der Waals surface area contributed by atoms with Gasteiger partial charge in [0, 0.05) is 17.1 Å². The number of rotatable bonds is 3. The van der Waals surface area contributed by atoms with Crippen LogP contribution < -0.4 is 0 Å². The normalized spacial score (nSPS) is 12.6. The molecule has 0 aliphatic rings. The molecule has 2 rings (SSSR count). The van der Waals surface area contributed by atoms with Gasteiger partial charge in [0.25, 0.3) is 0 Å². The van der Waals surface area contributed by atoms with Crippen molar-refractivity contribution in [2.45, 2.75) is 13.0 Å². The van der Waals surface area contributed by atoms with Crippen LogP contribution in [0.2, 0.25) is 5.02 Å². The Bertz CT molecular complexity index is 550. The molecule has 0 spiro atoms. The minimum absolute atomic E-state index is 0.233. The Morgan fingerprint density at radius 3 is 3.06 bits per heavy atom. The van der Waals surface area contributed by atoms with Crippen molar-refractivity contribution < 1.29 is 14.6 Å². The summed E-state index contributed by atoms with van der Waals surface area (Å²) in [5.74, 6) is -0.661. The van der Waals surface area contributed by atoms with E-state index >= 15 is 0 Å². The number of aromatic amines is 1. The van der Waals surface area contributed by atoms with Gasteiger partial charge in [-0.3, -0.25) is 0 Å². The van der Waals surface area contributed by atoms with Crippen molar-refractivity contribution in [3.05, 3.63) is 35.0 Å². The first kappa shape index (κ1) is 12.0. The van der Waals surface area contributed by atoms with E-state index in [1.54, 1.807) is 25.3 Å². The molecular formula is C12H12ClNO3. The fourth-order valence-corrected chi connectivity index (χ4v) is 1.93. The largest absolute Gasteiger partial charge is 0.464 e. The number of carbonyl (C=O) groups excluding carboxylic acids is 1. The molecule has 1 aromatic heterocycles. The SMILES string of the molecule is CCOC(=O)C(O)c1cccc2c(Cl)c[nH]c12. The van der Waals surface area contributed by atoms with Crippen LogP contribution in [0.3, 0.4) is 0 Å². The van der Waals surface area contributed by atoms with E-state index in [0.717, 1.165) is 5.39 Å². The van der Waals surface area contributed by atoms with Crippen LogP contribution >= 0.6 is 11.6 Å². The number of nitrogens with one attached hydrogen (secondary N) is 1. The Morgan fingerprint density at radius 1 is 1.59 bits per heavy atom.